The highest BCUT2D eigenvalue weighted by Crippen LogP contribution is 2.19. The van der Waals surface area contributed by atoms with E-state index in [1.54, 1.807) is 0 Å². The number of allylic oxidation sites excluding steroid dienone is 1. The van der Waals surface area contributed by atoms with Crippen molar-refractivity contribution in [3.8, 4) is 0 Å². The van der Waals surface area contributed by atoms with Crippen LogP contribution in [0.4, 0.5) is 0 Å². The molecule has 0 spiro atoms. The van der Waals surface area contributed by atoms with Gasteiger partial charge in [-0.3, -0.25) is 9.98 Å². The Labute approximate surface area is 224 Å². The van der Waals surface area contributed by atoms with Crippen molar-refractivity contribution in [2.75, 3.05) is 13.1 Å². The van der Waals surface area contributed by atoms with Crippen molar-refractivity contribution in [3.63, 3.8) is 0 Å². The first-order chi connectivity index (χ1) is 17.9. The molecular formula is C34H56N2. The largest absolute Gasteiger partial charge is 0.283 e. The fraction of sp³-hybridized carbons (Fsp3) is 0.706. The zero-order chi connectivity index (χ0) is 25.5. The molecule has 2 heteroatoms. The van der Waals surface area contributed by atoms with Gasteiger partial charge in [0.2, 0.25) is 0 Å². The molecule has 202 valence electrons. The zero-order valence-electron chi connectivity index (χ0n) is 23.9. The molecule has 0 aromatic heterocycles. The van der Waals surface area contributed by atoms with Gasteiger partial charge in [0, 0.05) is 18.7 Å². The highest BCUT2D eigenvalue weighted by Gasteiger charge is 2.16. The SMILES string of the molecule is CCCCCCCCCCCCN=C1C=Cc2ccccc2C1=NCCCCCCCCCCCC. The second-order valence-electron chi connectivity index (χ2n) is 10.8. The molecule has 0 unspecified atom stereocenters. The summed E-state index contributed by atoms with van der Waals surface area (Å²) >= 11 is 0. The topological polar surface area (TPSA) is 24.7 Å². The second-order valence-corrected chi connectivity index (χ2v) is 10.8. The number of unbranched alkanes of at least 4 members (excludes halogenated alkanes) is 18. The van der Waals surface area contributed by atoms with E-state index in [4.69, 9.17) is 9.98 Å². The summed E-state index contributed by atoms with van der Waals surface area (Å²) in [5.74, 6) is 0. The Morgan fingerprint density at radius 1 is 0.472 bits per heavy atom. The maximum Gasteiger partial charge on any atom is 0.0904 e. The highest BCUT2D eigenvalue weighted by atomic mass is 14.8. The molecule has 0 radical (unpaired) electrons. The summed E-state index contributed by atoms with van der Waals surface area (Å²) in [4.78, 5) is 10.1. The van der Waals surface area contributed by atoms with Gasteiger partial charge in [-0.2, -0.15) is 0 Å². The quantitative estimate of drug-likeness (QED) is 0.144. The van der Waals surface area contributed by atoms with Crippen molar-refractivity contribution in [2.24, 2.45) is 9.98 Å². The molecule has 0 atom stereocenters. The molecule has 1 aromatic carbocycles. The van der Waals surface area contributed by atoms with Crippen molar-refractivity contribution in [1.82, 2.24) is 0 Å². The number of rotatable bonds is 22. The Balaban J connectivity index is 1.69. The lowest BCUT2D eigenvalue weighted by Gasteiger charge is -2.15. The van der Waals surface area contributed by atoms with Crippen molar-refractivity contribution in [1.29, 1.82) is 0 Å². The van der Waals surface area contributed by atoms with Gasteiger partial charge in [-0.1, -0.05) is 160 Å². The summed E-state index contributed by atoms with van der Waals surface area (Å²) in [6.07, 6.45) is 31.7. The first-order valence-corrected chi connectivity index (χ1v) is 15.7. The van der Waals surface area contributed by atoms with E-state index in [9.17, 15) is 0 Å². The predicted octanol–water partition coefficient (Wildman–Crippen LogP) is 10.8. The number of nitrogens with zero attached hydrogens (tertiary/aromatic N) is 2. The normalized spacial score (nSPS) is 15.2. The van der Waals surface area contributed by atoms with Crippen LogP contribution in [0, 0.1) is 0 Å². The lowest BCUT2D eigenvalue weighted by atomic mass is 9.94. The minimum Gasteiger partial charge on any atom is -0.283 e. The third-order valence-corrected chi connectivity index (χ3v) is 7.45. The van der Waals surface area contributed by atoms with E-state index in [1.165, 1.54) is 140 Å². The molecule has 0 fully saturated rings. The number of aliphatic imine (C=N–C) groups is 2. The fourth-order valence-electron chi connectivity index (χ4n) is 5.13. The molecule has 2 rings (SSSR count). The van der Waals surface area contributed by atoms with E-state index in [-0.39, 0.29) is 0 Å². The number of hydrogen-bond acceptors (Lipinski definition) is 2. The van der Waals surface area contributed by atoms with Crippen LogP contribution in [0.25, 0.3) is 6.08 Å². The predicted molar refractivity (Wildman–Crippen MR) is 163 cm³/mol. The minimum atomic E-state index is 0.922. The van der Waals surface area contributed by atoms with Gasteiger partial charge < -0.3 is 0 Å². The summed E-state index contributed by atoms with van der Waals surface area (Å²) in [6.45, 7) is 6.43. The summed E-state index contributed by atoms with van der Waals surface area (Å²) in [7, 11) is 0. The van der Waals surface area contributed by atoms with Gasteiger partial charge in [0.15, 0.2) is 0 Å². The molecule has 0 heterocycles. The van der Waals surface area contributed by atoms with Gasteiger partial charge in [-0.05, 0) is 24.5 Å². The fourth-order valence-corrected chi connectivity index (χ4v) is 5.13. The van der Waals surface area contributed by atoms with Crippen LogP contribution >= 0.6 is 0 Å². The number of fused-ring (bicyclic) bond motifs is 1. The van der Waals surface area contributed by atoms with Crippen LogP contribution in [0.3, 0.4) is 0 Å². The number of benzene rings is 1. The van der Waals surface area contributed by atoms with Gasteiger partial charge in [-0.25, -0.2) is 0 Å². The van der Waals surface area contributed by atoms with E-state index in [0.717, 1.165) is 24.5 Å². The molecule has 0 N–H and O–H groups in total. The molecular weight excluding hydrogens is 436 g/mol. The second kappa shape index (κ2) is 21.4. The maximum absolute atomic E-state index is 5.08. The molecule has 0 aliphatic heterocycles. The Morgan fingerprint density at radius 3 is 1.44 bits per heavy atom. The third-order valence-electron chi connectivity index (χ3n) is 7.45. The highest BCUT2D eigenvalue weighted by molar-refractivity contribution is 6.54. The van der Waals surface area contributed by atoms with Crippen molar-refractivity contribution in [2.45, 2.75) is 142 Å². The average Bonchev–Trinajstić information content (AvgIpc) is 2.91. The van der Waals surface area contributed by atoms with Crippen LogP contribution in [0.5, 0.6) is 0 Å². The summed E-state index contributed by atoms with van der Waals surface area (Å²) < 4.78 is 0. The van der Waals surface area contributed by atoms with Gasteiger partial charge in [-0.15, -0.1) is 0 Å². The van der Waals surface area contributed by atoms with Crippen LogP contribution < -0.4 is 0 Å². The molecule has 0 saturated heterocycles. The van der Waals surface area contributed by atoms with Crippen LogP contribution in [0.1, 0.15) is 153 Å². The summed E-state index contributed by atoms with van der Waals surface area (Å²) in [5, 5.41) is 0. The van der Waals surface area contributed by atoms with Crippen molar-refractivity contribution in [3.05, 3.63) is 41.5 Å². The monoisotopic (exact) mass is 492 g/mol. The molecule has 1 aliphatic rings. The molecule has 0 bridgehead atoms. The van der Waals surface area contributed by atoms with Gasteiger partial charge in [0.25, 0.3) is 0 Å². The van der Waals surface area contributed by atoms with E-state index in [1.807, 2.05) is 0 Å². The molecule has 2 nitrogen and oxygen atoms in total. The number of hydrogen-bond donors (Lipinski definition) is 0. The maximum atomic E-state index is 5.08. The van der Waals surface area contributed by atoms with Crippen molar-refractivity contribution >= 4 is 17.5 Å². The molecule has 0 saturated carbocycles. The molecule has 36 heavy (non-hydrogen) atoms. The Morgan fingerprint density at radius 2 is 0.917 bits per heavy atom. The lowest BCUT2D eigenvalue weighted by Crippen LogP contribution is -2.19. The Hall–Kier alpha value is -1.70. The standard InChI is InChI=1S/C34H56N2/c1-3-5-7-9-11-13-15-17-19-23-29-35-33-28-27-31-25-21-22-26-32(31)34(33)36-30-24-20-18-16-14-12-10-8-6-4-2/h21-22,25-28H,3-20,23-24,29-30H2,1-2H3. The van der Waals surface area contributed by atoms with Crippen LogP contribution in [-0.2, 0) is 0 Å². The average molecular weight is 493 g/mol. The first-order valence-electron chi connectivity index (χ1n) is 15.7. The summed E-state index contributed by atoms with van der Waals surface area (Å²) in [5.41, 5.74) is 4.75. The van der Waals surface area contributed by atoms with E-state index < -0.39 is 0 Å². The summed E-state index contributed by atoms with van der Waals surface area (Å²) in [6, 6.07) is 8.66. The van der Waals surface area contributed by atoms with Crippen LogP contribution in [-0.4, -0.2) is 24.5 Å². The first kappa shape index (κ1) is 30.5. The van der Waals surface area contributed by atoms with Crippen LogP contribution in [0.2, 0.25) is 0 Å². The van der Waals surface area contributed by atoms with Gasteiger partial charge in [0.1, 0.15) is 0 Å². The zero-order valence-corrected chi connectivity index (χ0v) is 23.9. The molecule has 1 aliphatic carbocycles. The van der Waals surface area contributed by atoms with Crippen LogP contribution in [0.15, 0.2) is 40.3 Å². The lowest BCUT2D eigenvalue weighted by molar-refractivity contribution is 0.558. The van der Waals surface area contributed by atoms with E-state index >= 15 is 0 Å². The van der Waals surface area contributed by atoms with E-state index in [2.05, 4.69) is 50.3 Å². The minimum absolute atomic E-state index is 0.922. The molecule has 1 aromatic rings. The third kappa shape index (κ3) is 13.6. The van der Waals surface area contributed by atoms with Gasteiger partial charge >= 0.3 is 0 Å². The smallest absolute Gasteiger partial charge is 0.0904 e. The Kier molecular flexibility index (Phi) is 18.1. The van der Waals surface area contributed by atoms with Gasteiger partial charge in [0.05, 0.1) is 11.4 Å². The van der Waals surface area contributed by atoms with E-state index in [0.29, 0.717) is 0 Å². The Bertz CT molecular complexity index is 758. The molecule has 0 amide bonds. The van der Waals surface area contributed by atoms with Crippen molar-refractivity contribution < 1.29 is 0 Å².